The first-order valence-electron chi connectivity index (χ1n) is 6.72. The molecule has 1 aromatic carbocycles. The van der Waals surface area contributed by atoms with Gasteiger partial charge >= 0.3 is 0 Å². The standard InChI is InChI=1S/C16H20N2O3/c1-4-18(3)15(20)11-17-16(21)14-8-7-12(2)13(10-14)6-5-9-19/h7-8,10,19H,4,9,11H2,1-3H3,(H,17,21). The second-order valence-corrected chi connectivity index (χ2v) is 4.58. The number of likely N-dealkylation sites (N-methyl/N-ethyl adjacent to an activating group) is 1. The summed E-state index contributed by atoms with van der Waals surface area (Å²) in [7, 11) is 1.68. The van der Waals surface area contributed by atoms with E-state index in [1.807, 2.05) is 13.8 Å². The average molecular weight is 288 g/mol. The Labute approximate surface area is 125 Å². The van der Waals surface area contributed by atoms with E-state index < -0.39 is 0 Å². The molecular formula is C16H20N2O3. The van der Waals surface area contributed by atoms with Gasteiger partial charge < -0.3 is 15.3 Å². The molecule has 112 valence electrons. The van der Waals surface area contributed by atoms with Gasteiger partial charge in [0.1, 0.15) is 6.61 Å². The Bertz CT molecular complexity index is 585. The Morgan fingerprint density at radius 1 is 1.38 bits per heavy atom. The maximum absolute atomic E-state index is 12.0. The van der Waals surface area contributed by atoms with Crippen LogP contribution in [0.15, 0.2) is 18.2 Å². The van der Waals surface area contributed by atoms with E-state index in [-0.39, 0.29) is 25.0 Å². The number of aryl methyl sites for hydroxylation is 1. The molecule has 0 saturated carbocycles. The highest BCUT2D eigenvalue weighted by atomic mass is 16.2. The molecule has 0 aliphatic heterocycles. The summed E-state index contributed by atoms with van der Waals surface area (Å²) >= 11 is 0. The average Bonchev–Trinajstić information content (AvgIpc) is 2.50. The van der Waals surface area contributed by atoms with Gasteiger partial charge in [-0.2, -0.15) is 0 Å². The number of amides is 2. The molecule has 0 unspecified atom stereocenters. The van der Waals surface area contributed by atoms with Crippen molar-refractivity contribution in [3.63, 3.8) is 0 Å². The number of nitrogens with zero attached hydrogens (tertiary/aromatic N) is 1. The lowest BCUT2D eigenvalue weighted by Gasteiger charge is -2.14. The predicted octanol–water partition coefficient (Wildman–Crippen LogP) is 0.547. The molecule has 5 heteroatoms. The van der Waals surface area contributed by atoms with Gasteiger partial charge in [-0.15, -0.1) is 0 Å². The summed E-state index contributed by atoms with van der Waals surface area (Å²) in [6.07, 6.45) is 0. The third-order valence-electron chi connectivity index (χ3n) is 3.10. The van der Waals surface area contributed by atoms with E-state index >= 15 is 0 Å². The van der Waals surface area contributed by atoms with Gasteiger partial charge in [0.05, 0.1) is 6.54 Å². The molecule has 0 aliphatic rings. The molecule has 0 aliphatic carbocycles. The molecule has 0 atom stereocenters. The molecule has 0 radical (unpaired) electrons. The summed E-state index contributed by atoms with van der Waals surface area (Å²) in [5, 5.41) is 11.3. The van der Waals surface area contributed by atoms with Gasteiger partial charge in [-0.3, -0.25) is 9.59 Å². The number of aliphatic hydroxyl groups is 1. The second kappa shape index (κ2) is 8.08. The molecule has 0 aromatic heterocycles. The Kier molecular flexibility index (Phi) is 6.44. The van der Waals surface area contributed by atoms with Crippen LogP contribution in [0.3, 0.4) is 0 Å². The SMILES string of the molecule is CCN(C)C(=O)CNC(=O)c1ccc(C)c(C#CCO)c1. The highest BCUT2D eigenvalue weighted by molar-refractivity contribution is 5.96. The zero-order chi connectivity index (χ0) is 15.8. The fourth-order valence-corrected chi connectivity index (χ4v) is 1.60. The zero-order valence-electron chi connectivity index (χ0n) is 12.6. The molecule has 0 bridgehead atoms. The van der Waals surface area contributed by atoms with Crippen molar-refractivity contribution in [1.29, 1.82) is 0 Å². The number of hydrogen-bond acceptors (Lipinski definition) is 3. The molecule has 1 rings (SSSR count). The molecule has 5 nitrogen and oxygen atoms in total. The van der Waals surface area contributed by atoms with Crippen molar-refractivity contribution in [2.75, 3.05) is 26.7 Å². The summed E-state index contributed by atoms with van der Waals surface area (Å²) in [5.74, 6) is 4.89. The van der Waals surface area contributed by atoms with Crippen LogP contribution in [0.2, 0.25) is 0 Å². The van der Waals surface area contributed by atoms with Crippen LogP contribution in [0.4, 0.5) is 0 Å². The Morgan fingerprint density at radius 2 is 2.10 bits per heavy atom. The Morgan fingerprint density at radius 3 is 2.71 bits per heavy atom. The number of carbonyl (C=O) groups is 2. The fraction of sp³-hybridized carbons (Fsp3) is 0.375. The van der Waals surface area contributed by atoms with Crippen molar-refractivity contribution in [1.82, 2.24) is 10.2 Å². The van der Waals surface area contributed by atoms with Crippen LogP contribution in [0, 0.1) is 18.8 Å². The quantitative estimate of drug-likeness (QED) is 0.795. The predicted molar refractivity (Wildman–Crippen MR) is 80.8 cm³/mol. The highest BCUT2D eigenvalue weighted by Gasteiger charge is 2.11. The smallest absolute Gasteiger partial charge is 0.251 e. The van der Waals surface area contributed by atoms with Gasteiger partial charge in [-0.1, -0.05) is 17.9 Å². The minimum Gasteiger partial charge on any atom is -0.384 e. The monoisotopic (exact) mass is 288 g/mol. The van der Waals surface area contributed by atoms with Crippen LogP contribution in [-0.2, 0) is 4.79 Å². The minimum atomic E-state index is -0.320. The van der Waals surface area contributed by atoms with E-state index in [1.54, 1.807) is 25.2 Å². The first kappa shape index (κ1) is 16.7. The van der Waals surface area contributed by atoms with E-state index in [4.69, 9.17) is 5.11 Å². The first-order chi connectivity index (χ1) is 9.99. The van der Waals surface area contributed by atoms with Gasteiger partial charge in [0, 0.05) is 24.7 Å². The van der Waals surface area contributed by atoms with Crippen LogP contribution in [0.1, 0.15) is 28.4 Å². The minimum absolute atomic E-state index is 0.0330. The summed E-state index contributed by atoms with van der Waals surface area (Å²) in [5.41, 5.74) is 2.05. The molecule has 0 saturated heterocycles. The van der Waals surface area contributed by atoms with Crippen molar-refractivity contribution >= 4 is 11.8 Å². The maximum Gasteiger partial charge on any atom is 0.251 e. The lowest BCUT2D eigenvalue weighted by molar-refractivity contribution is -0.128. The maximum atomic E-state index is 12.0. The van der Waals surface area contributed by atoms with Gasteiger partial charge in [-0.05, 0) is 31.5 Å². The van der Waals surface area contributed by atoms with E-state index in [0.29, 0.717) is 17.7 Å². The molecular weight excluding hydrogens is 268 g/mol. The summed E-state index contributed by atoms with van der Waals surface area (Å²) in [4.78, 5) is 25.2. The Hall–Kier alpha value is -2.32. The lowest BCUT2D eigenvalue weighted by atomic mass is 10.0. The normalized spacial score (nSPS) is 9.52. The number of benzene rings is 1. The molecule has 2 amide bonds. The summed E-state index contributed by atoms with van der Waals surface area (Å²) < 4.78 is 0. The van der Waals surface area contributed by atoms with E-state index in [2.05, 4.69) is 17.2 Å². The Balaban J connectivity index is 2.77. The third kappa shape index (κ3) is 4.93. The third-order valence-corrected chi connectivity index (χ3v) is 3.10. The van der Waals surface area contributed by atoms with Crippen LogP contribution in [0.25, 0.3) is 0 Å². The first-order valence-corrected chi connectivity index (χ1v) is 6.72. The zero-order valence-corrected chi connectivity index (χ0v) is 12.6. The van der Waals surface area contributed by atoms with E-state index in [9.17, 15) is 9.59 Å². The number of rotatable bonds is 4. The lowest BCUT2D eigenvalue weighted by Crippen LogP contribution is -2.38. The van der Waals surface area contributed by atoms with Gasteiger partial charge in [0.15, 0.2) is 0 Å². The van der Waals surface area contributed by atoms with E-state index in [1.165, 1.54) is 4.90 Å². The van der Waals surface area contributed by atoms with Crippen molar-refractivity contribution in [3.8, 4) is 11.8 Å². The fourth-order valence-electron chi connectivity index (χ4n) is 1.60. The molecule has 0 heterocycles. The molecule has 1 aromatic rings. The molecule has 0 spiro atoms. The summed E-state index contributed by atoms with van der Waals surface area (Å²) in [6.45, 7) is 4.08. The molecule has 0 fully saturated rings. The number of nitrogens with one attached hydrogen (secondary N) is 1. The topological polar surface area (TPSA) is 69.6 Å². The van der Waals surface area contributed by atoms with Crippen LogP contribution in [0.5, 0.6) is 0 Å². The van der Waals surface area contributed by atoms with Gasteiger partial charge in [0.2, 0.25) is 5.91 Å². The van der Waals surface area contributed by atoms with Crippen LogP contribution < -0.4 is 5.32 Å². The van der Waals surface area contributed by atoms with Gasteiger partial charge in [0.25, 0.3) is 5.91 Å². The second-order valence-electron chi connectivity index (χ2n) is 4.58. The van der Waals surface area contributed by atoms with Crippen molar-refractivity contribution in [2.45, 2.75) is 13.8 Å². The summed E-state index contributed by atoms with van der Waals surface area (Å²) in [6, 6.07) is 5.13. The van der Waals surface area contributed by atoms with Crippen molar-refractivity contribution in [2.24, 2.45) is 0 Å². The number of hydrogen-bond donors (Lipinski definition) is 2. The molecule has 2 N–H and O–H groups in total. The highest BCUT2D eigenvalue weighted by Crippen LogP contribution is 2.10. The number of aliphatic hydroxyl groups excluding tert-OH is 1. The molecule has 21 heavy (non-hydrogen) atoms. The van der Waals surface area contributed by atoms with E-state index in [0.717, 1.165) is 5.56 Å². The number of carbonyl (C=O) groups excluding carboxylic acids is 2. The van der Waals surface area contributed by atoms with Crippen LogP contribution in [-0.4, -0.2) is 48.6 Å². The van der Waals surface area contributed by atoms with Crippen molar-refractivity contribution in [3.05, 3.63) is 34.9 Å². The van der Waals surface area contributed by atoms with Crippen molar-refractivity contribution < 1.29 is 14.7 Å². The largest absolute Gasteiger partial charge is 0.384 e. The van der Waals surface area contributed by atoms with Gasteiger partial charge in [-0.25, -0.2) is 0 Å². The van der Waals surface area contributed by atoms with Crippen LogP contribution >= 0.6 is 0 Å².